The molecule has 1 aromatic carbocycles. The minimum atomic E-state index is -0.461. The lowest BCUT2D eigenvalue weighted by Gasteiger charge is -2.24. The predicted molar refractivity (Wildman–Crippen MR) is 93.1 cm³/mol. The molecule has 0 radical (unpaired) electrons. The molecule has 0 aliphatic carbocycles. The molecule has 0 aliphatic heterocycles. The molecule has 1 aromatic rings. The summed E-state index contributed by atoms with van der Waals surface area (Å²) in [6.07, 6.45) is 1.69. The minimum Gasteiger partial charge on any atom is -0.460 e. The minimum absolute atomic E-state index is 0.0525. The van der Waals surface area contributed by atoms with Crippen LogP contribution in [0.5, 0.6) is 0 Å². The zero-order chi connectivity index (χ0) is 17.5. The van der Waals surface area contributed by atoms with Crippen LogP contribution in [0.3, 0.4) is 0 Å². The van der Waals surface area contributed by atoms with Crippen LogP contribution in [0, 0.1) is 16.7 Å². The molecule has 0 amide bonds. The van der Waals surface area contributed by atoms with Crippen molar-refractivity contribution in [1.29, 1.82) is 5.26 Å². The zero-order valence-electron chi connectivity index (χ0n) is 14.9. The largest absolute Gasteiger partial charge is 0.460 e. The van der Waals surface area contributed by atoms with Gasteiger partial charge in [0.15, 0.2) is 0 Å². The summed E-state index contributed by atoms with van der Waals surface area (Å²) in [5, 5.41) is 12.1. The molecule has 0 atom stereocenters. The molecule has 0 bridgehead atoms. The fourth-order valence-electron chi connectivity index (χ4n) is 2.16. The van der Waals surface area contributed by atoms with Crippen molar-refractivity contribution in [3.05, 3.63) is 29.8 Å². The van der Waals surface area contributed by atoms with Crippen LogP contribution in [0.4, 0.5) is 5.69 Å². The standard InChI is InChI=1S/C19H28N2O2/c1-18(2,3)23-17(22)13-15-8-6-9-16(12-15)21-14-19(4,5)10-7-11-20/h6,8-9,12,21H,7,10,13-14H2,1-5H3. The molecule has 4 nitrogen and oxygen atoms in total. The summed E-state index contributed by atoms with van der Waals surface area (Å²) in [4.78, 5) is 11.9. The SMILES string of the molecule is CC(C)(CCC#N)CNc1cccc(CC(=O)OC(C)(C)C)c1. The second kappa shape index (κ2) is 8.01. The molecular weight excluding hydrogens is 288 g/mol. The van der Waals surface area contributed by atoms with E-state index in [9.17, 15) is 4.79 Å². The Hall–Kier alpha value is -2.02. The highest BCUT2D eigenvalue weighted by Crippen LogP contribution is 2.23. The summed E-state index contributed by atoms with van der Waals surface area (Å²) < 4.78 is 5.35. The van der Waals surface area contributed by atoms with Crippen LogP contribution in [-0.4, -0.2) is 18.1 Å². The number of nitrogens with zero attached hydrogens (tertiary/aromatic N) is 1. The number of anilines is 1. The number of benzene rings is 1. The lowest BCUT2D eigenvalue weighted by molar-refractivity contribution is -0.153. The number of nitriles is 1. The monoisotopic (exact) mass is 316 g/mol. The van der Waals surface area contributed by atoms with Crippen molar-refractivity contribution in [2.45, 2.75) is 59.5 Å². The molecule has 126 valence electrons. The smallest absolute Gasteiger partial charge is 0.310 e. The molecule has 0 fully saturated rings. The Balaban J connectivity index is 2.60. The number of carbonyl (C=O) groups excluding carboxylic acids is 1. The van der Waals surface area contributed by atoms with E-state index in [1.165, 1.54) is 0 Å². The maximum absolute atomic E-state index is 11.9. The second-order valence-electron chi connectivity index (χ2n) is 7.64. The molecule has 0 saturated heterocycles. The van der Waals surface area contributed by atoms with E-state index >= 15 is 0 Å². The van der Waals surface area contributed by atoms with Crippen molar-refractivity contribution in [1.82, 2.24) is 0 Å². The molecule has 0 unspecified atom stereocenters. The third-order valence-electron chi connectivity index (χ3n) is 3.38. The van der Waals surface area contributed by atoms with E-state index in [-0.39, 0.29) is 17.8 Å². The average molecular weight is 316 g/mol. The van der Waals surface area contributed by atoms with Gasteiger partial charge in [0, 0.05) is 18.7 Å². The summed E-state index contributed by atoms with van der Waals surface area (Å²) in [7, 11) is 0. The molecule has 1 N–H and O–H groups in total. The number of hydrogen-bond acceptors (Lipinski definition) is 4. The Morgan fingerprint density at radius 3 is 2.57 bits per heavy atom. The maximum atomic E-state index is 11.9. The summed E-state index contributed by atoms with van der Waals surface area (Å²) in [6.45, 7) is 10.7. The highest BCUT2D eigenvalue weighted by molar-refractivity contribution is 5.73. The summed E-state index contributed by atoms with van der Waals surface area (Å²) >= 11 is 0. The van der Waals surface area contributed by atoms with Gasteiger partial charge in [0.1, 0.15) is 5.60 Å². The topological polar surface area (TPSA) is 62.1 Å². The first-order chi connectivity index (χ1) is 10.6. The molecular formula is C19H28N2O2. The van der Waals surface area contributed by atoms with Gasteiger partial charge in [0.25, 0.3) is 0 Å². The molecule has 0 saturated carbocycles. The molecule has 0 spiro atoms. The first-order valence-corrected chi connectivity index (χ1v) is 8.03. The van der Waals surface area contributed by atoms with Gasteiger partial charge in [-0.15, -0.1) is 0 Å². The van der Waals surface area contributed by atoms with E-state index < -0.39 is 5.60 Å². The number of ether oxygens (including phenoxy) is 1. The van der Waals surface area contributed by atoms with Crippen molar-refractivity contribution in [2.24, 2.45) is 5.41 Å². The van der Waals surface area contributed by atoms with E-state index in [4.69, 9.17) is 10.00 Å². The van der Waals surface area contributed by atoms with Crippen molar-refractivity contribution in [3.8, 4) is 6.07 Å². The van der Waals surface area contributed by atoms with Gasteiger partial charge in [-0.2, -0.15) is 5.26 Å². The van der Waals surface area contributed by atoms with Crippen LogP contribution in [0.15, 0.2) is 24.3 Å². The van der Waals surface area contributed by atoms with Crippen LogP contribution >= 0.6 is 0 Å². The van der Waals surface area contributed by atoms with E-state index in [1.54, 1.807) is 0 Å². The summed E-state index contributed by atoms with van der Waals surface area (Å²) in [5.74, 6) is -0.219. The first kappa shape index (κ1) is 19.0. The Labute approximate surface area is 139 Å². The van der Waals surface area contributed by atoms with Gasteiger partial charge in [0.2, 0.25) is 0 Å². The molecule has 0 heterocycles. The van der Waals surface area contributed by atoms with Crippen molar-refractivity contribution >= 4 is 11.7 Å². The van der Waals surface area contributed by atoms with Crippen molar-refractivity contribution < 1.29 is 9.53 Å². The molecule has 23 heavy (non-hydrogen) atoms. The Bertz CT molecular complexity index is 565. The zero-order valence-corrected chi connectivity index (χ0v) is 14.9. The van der Waals surface area contributed by atoms with E-state index in [0.29, 0.717) is 6.42 Å². The van der Waals surface area contributed by atoms with Gasteiger partial charge in [-0.05, 0) is 50.3 Å². The number of rotatable bonds is 7. The molecule has 4 heteroatoms. The number of carbonyl (C=O) groups is 1. The third kappa shape index (κ3) is 8.25. The van der Waals surface area contributed by atoms with Gasteiger partial charge in [0.05, 0.1) is 12.5 Å². The molecule has 1 rings (SSSR count). The lowest BCUT2D eigenvalue weighted by Crippen LogP contribution is -2.25. The molecule has 0 aliphatic rings. The summed E-state index contributed by atoms with van der Waals surface area (Å²) in [5.41, 5.74) is 1.50. The van der Waals surface area contributed by atoms with E-state index in [0.717, 1.165) is 24.2 Å². The van der Waals surface area contributed by atoms with E-state index in [2.05, 4.69) is 25.2 Å². The average Bonchev–Trinajstić information content (AvgIpc) is 2.41. The van der Waals surface area contributed by atoms with Gasteiger partial charge < -0.3 is 10.1 Å². The van der Waals surface area contributed by atoms with Gasteiger partial charge in [-0.1, -0.05) is 26.0 Å². The fraction of sp³-hybridized carbons (Fsp3) is 0.579. The normalized spacial score (nSPS) is 11.7. The Morgan fingerprint density at radius 2 is 1.96 bits per heavy atom. The highest BCUT2D eigenvalue weighted by atomic mass is 16.6. The van der Waals surface area contributed by atoms with E-state index in [1.807, 2.05) is 45.0 Å². The lowest BCUT2D eigenvalue weighted by atomic mass is 9.88. The quantitative estimate of drug-likeness (QED) is 0.761. The van der Waals surface area contributed by atoms with Crippen molar-refractivity contribution in [2.75, 3.05) is 11.9 Å². The highest BCUT2D eigenvalue weighted by Gasteiger charge is 2.18. The van der Waals surface area contributed by atoms with Crippen LogP contribution in [0.25, 0.3) is 0 Å². The summed E-state index contributed by atoms with van der Waals surface area (Å²) in [6, 6.07) is 10.0. The third-order valence-corrected chi connectivity index (χ3v) is 3.38. The second-order valence-corrected chi connectivity index (χ2v) is 7.64. The van der Waals surface area contributed by atoms with Crippen LogP contribution in [-0.2, 0) is 16.0 Å². The Kier molecular flexibility index (Phi) is 6.62. The van der Waals surface area contributed by atoms with Gasteiger partial charge in [-0.3, -0.25) is 4.79 Å². The van der Waals surface area contributed by atoms with Crippen molar-refractivity contribution in [3.63, 3.8) is 0 Å². The fourth-order valence-corrected chi connectivity index (χ4v) is 2.16. The first-order valence-electron chi connectivity index (χ1n) is 8.03. The van der Waals surface area contributed by atoms with Gasteiger partial charge in [-0.25, -0.2) is 0 Å². The number of esters is 1. The maximum Gasteiger partial charge on any atom is 0.310 e. The molecule has 0 aromatic heterocycles. The van der Waals surface area contributed by atoms with Crippen LogP contribution < -0.4 is 5.32 Å². The van der Waals surface area contributed by atoms with Gasteiger partial charge >= 0.3 is 5.97 Å². The predicted octanol–water partition coefficient (Wildman–Crippen LogP) is 4.31. The Morgan fingerprint density at radius 1 is 1.26 bits per heavy atom. The number of hydrogen-bond donors (Lipinski definition) is 1. The van der Waals surface area contributed by atoms with Crippen LogP contribution in [0.1, 0.15) is 53.0 Å². The van der Waals surface area contributed by atoms with Crippen LogP contribution in [0.2, 0.25) is 0 Å². The number of nitrogens with one attached hydrogen (secondary N) is 1.